The molecule has 0 radical (unpaired) electrons. The largest absolute Gasteiger partial charge is 0.511 e. The minimum Gasteiger partial charge on any atom is -0.511 e. The van der Waals surface area contributed by atoms with Crippen molar-refractivity contribution in [1.82, 2.24) is 5.32 Å². The zero-order valence-corrected chi connectivity index (χ0v) is 16.3. The molecule has 3 aliphatic carbocycles. The lowest BCUT2D eigenvalue weighted by Gasteiger charge is -2.52. The Kier molecular flexibility index (Phi) is 4.30. The van der Waals surface area contributed by atoms with Gasteiger partial charge >= 0.3 is 0 Å². The Morgan fingerprint density at radius 3 is 2.50 bits per heavy atom. The zero-order chi connectivity index (χ0) is 22.1. The molecule has 0 unspecified atom stereocenters. The van der Waals surface area contributed by atoms with E-state index in [1.54, 1.807) is 19.1 Å². The van der Waals surface area contributed by atoms with E-state index >= 15 is 0 Å². The molecule has 0 fully saturated rings. The number of benzene rings is 1. The molecule has 0 aromatic heterocycles. The fourth-order valence-electron chi connectivity index (χ4n) is 5.40. The predicted octanol–water partition coefficient (Wildman–Crippen LogP) is 0.339. The number of carbonyl (C=O) groups excluding carboxylic acids is 3. The lowest BCUT2D eigenvalue weighted by Crippen LogP contribution is -2.68. The number of aliphatic hydroxyl groups excluding tert-OH is 3. The first kappa shape index (κ1) is 20.1. The molecule has 9 heteroatoms. The summed E-state index contributed by atoms with van der Waals surface area (Å²) < 4.78 is 0. The van der Waals surface area contributed by atoms with Crippen molar-refractivity contribution in [3.05, 3.63) is 52.0 Å². The van der Waals surface area contributed by atoms with Crippen molar-refractivity contribution in [2.75, 3.05) is 7.05 Å². The van der Waals surface area contributed by atoms with E-state index in [1.165, 1.54) is 13.1 Å². The molecule has 1 aromatic carbocycles. The number of primary amides is 1. The van der Waals surface area contributed by atoms with Crippen LogP contribution in [0.4, 0.5) is 0 Å². The van der Waals surface area contributed by atoms with Gasteiger partial charge < -0.3 is 31.5 Å². The highest BCUT2D eigenvalue weighted by Gasteiger charge is 2.64. The number of likely N-dealkylation sites (N-methyl/N-ethyl adjacent to an activating group) is 1. The van der Waals surface area contributed by atoms with Gasteiger partial charge in [-0.25, -0.2) is 0 Å². The van der Waals surface area contributed by atoms with Crippen LogP contribution in [0, 0.1) is 11.8 Å². The van der Waals surface area contributed by atoms with Gasteiger partial charge in [-0.05, 0) is 24.6 Å². The highest BCUT2D eigenvalue weighted by atomic mass is 16.3. The van der Waals surface area contributed by atoms with Crippen molar-refractivity contribution in [3.63, 3.8) is 0 Å². The third-order valence-electron chi connectivity index (χ3n) is 6.80. The number of aliphatic hydroxyl groups is 3. The Morgan fingerprint density at radius 2 is 1.90 bits per heavy atom. The summed E-state index contributed by atoms with van der Waals surface area (Å²) in [6, 6.07) is 4.58. The molecule has 9 nitrogen and oxygen atoms in total. The van der Waals surface area contributed by atoms with Crippen LogP contribution >= 0.6 is 0 Å². The highest BCUT2D eigenvalue weighted by molar-refractivity contribution is 6.25. The van der Waals surface area contributed by atoms with Gasteiger partial charge in [-0.2, -0.15) is 0 Å². The van der Waals surface area contributed by atoms with Gasteiger partial charge in [0.05, 0.1) is 11.7 Å². The maximum atomic E-state index is 13.3. The summed E-state index contributed by atoms with van der Waals surface area (Å²) >= 11 is 0. The van der Waals surface area contributed by atoms with Crippen molar-refractivity contribution in [3.8, 4) is 5.75 Å². The summed E-state index contributed by atoms with van der Waals surface area (Å²) in [5.41, 5.74) is 2.87. The first-order valence-electron chi connectivity index (χ1n) is 9.53. The Morgan fingerprint density at radius 1 is 1.23 bits per heavy atom. The normalized spacial score (nSPS) is 33.2. The number of rotatable bonds is 2. The van der Waals surface area contributed by atoms with Crippen LogP contribution in [-0.2, 0) is 9.59 Å². The molecular weight excluding hydrogens is 392 g/mol. The van der Waals surface area contributed by atoms with Crippen LogP contribution in [0.2, 0.25) is 0 Å². The Labute approximate surface area is 171 Å². The van der Waals surface area contributed by atoms with Gasteiger partial charge in [-0.1, -0.05) is 19.1 Å². The maximum absolute atomic E-state index is 13.3. The number of fused-ring (bicyclic) bond motifs is 3. The number of hydrogen-bond acceptors (Lipinski definition) is 8. The molecule has 0 saturated heterocycles. The average Bonchev–Trinajstić information content (AvgIpc) is 2.68. The van der Waals surface area contributed by atoms with Crippen LogP contribution in [0.15, 0.2) is 40.9 Å². The molecular formula is C21H22N2O7. The van der Waals surface area contributed by atoms with E-state index in [4.69, 9.17) is 5.73 Å². The summed E-state index contributed by atoms with van der Waals surface area (Å²) in [7, 11) is 1.35. The molecule has 7 N–H and O–H groups in total. The van der Waals surface area contributed by atoms with E-state index in [2.05, 4.69) is 5.32 Å². The molecule has 1 amide bonds. The lowest BCUT2D eigenvalue weighted by atomic mass is 9.55. The number of aromatic hydroxyl groups is 1. The second-order valence-electron chi connectivity index (χ2n) is 8.02. The summed E-state index contributed by atoms with van der Waals surface area (Å²) in [6.07, 6.45) is -1.62. The molecule has 3 aliphatic rings. The molecule has 158 valence electrons. The Balaban J connectivity index is 2.03. The Bertz CT molecular complexity index is 1070. The van der Waals surface area contributed by atoms with Gasteiger partial charge in [0.2, 0.25) is 0 Å². The van der Waals surface area contributed by atoms with Crippen molar-refractivity contribution >= 4 is 17.5 Å². The Hall–Kier alpha value is -3.17. The quantitative estimate of drug-likeness (QED) is 0.376. The topological polar surface area (TPSA) is 170 Å². The number of hydrogen-bond donors (Lipinski definition) is 6. The van der Waals surface area contributed by atoms with E-state index in [9.17, 15) is 34.8 Å². The highest BCUT2D eigenvalue weighted by Crippen LogP contribution is 2.54. The average molecular weight is 414 g/mol. The summed E-state index contributed by atoms with van der Waals surface area (Å²) in [5.74, 6) is -6.78. The monoisotopic (exact) mass is 414 g/mol. The number of Topliss-reactive ketones (excluding diaryl/α,β-unsaturated/α-hetero) is 2. The number of phenols is 1. The molecule has 0 spiro atoms. The number of ketones is 2. The van der Waals surface area contributed by atoms with E-state index in [0.717, 1.165) is 0 Å². The maximum Gasteiger partial charge on any atom is 0.255 e. The molecule has 0 heterocycles. The molecule has 4 rings (SSSR count). The lowest BCUT2D eigenvalue weighted by molar-refractivity contribution is -0.132. The van der Waals surface area contributed by atoms with Crippen molar-refractivity contribution in [2.24, 2.45) is 17.6 Å². The molecule has 0 aliphatic heterocycles. The van der Waals surface area contributed by atoms with Crippen LogP contribution in [0.3, 0.4) is 0 Å². The molecule has 1 aromatic rings. The minimum atomic E-state index is -2.01. The fourth-order valence-corrected chi connectivity index (χ4v) is 5.40. The molecule has 30 heavy (non-hydrogen) atoms. The van der Waals surface area contributed by atoms with Gasteiger partial charge in [0.15, 0.2) is 11.6 Å². The second-order valence-corrected chi connectivity index (χ2v) is 8.02. The van der Waals surface area contributed by atoms with Crippen molar-refractivity contribution in [2.45, 2.75) is 30.9 Å². The number of phenolic OH excluding ortho intramolecular Hbond substituents is 1. The smallest absolute Gasteiger partial charge is 0.255 e. The predicted molar refractivity (Wildman–Crippen MR) is 104 cm³/mol. The van der Waals surface area contributed by atoms with Crippen LogP contribution in [-0.4, -0.2) is 56.6 Å². The molecule has 0 bridgehead atoms. The van der Waals surface area contributed by atoms with Crippen molar-refractivity contribution < 1.29 is 34.8 Å². The van der Waals surface area contributed by atoms with Gasteiger partial charge in [0, 0.05) is 23.8 Å². The van der Waals surface area contributed by atoms with Gasteiger partial charge in [0.1, 0.15) is 28.4 Å². The molecule has 5 atom stereocenters. The van der Waals surface area contributed by atoms with Crippen LogP contribution in [0.1, 0.15) is 35.2 Å². The van der Waals surface area contributed by atoms with Gasteiger partial charge in [-0.3, -0.25) is 14.4 Å². The van der Waals surface area contributed by atoms with Crippen LogP contribution in [0.5, 0.6) is 5.75 Å². The van der Waals surface area contributed by atoms with Crippen LogP contribution in [0.25, 0.3) is 0 Å². The SMILES string of the molecule is CN[C@@]12C(=O)C(C(N)=O)=C(O)C[C@H]1[C@H](O)[C@H]1C(=C2O)C(=O)c2c(O)cccc2[C@@H]1C. The number of amides is 1. The van der Waals surface area contributed by atoms with Crippen LogP contribution < -0.4 is 11.1 Å². The van der Waals surface area contributed by atoms with Gasteiger partial charge in [0.25, 0.3) is 5.91 Å². The minimum absolute atomic E-state index is 0.00326. The van der Waals surface area contributed by atoms with Crippen molar-refractivity contribution in [1.29, 1.82) is 0 Å². The van der Waals surface area contributed by atoms with E-state index in [-0.39, 0.29) is 23.3 Å². The number of carbonyl (C=O) groups is 3. The summed E-state index contributed by atoms with van der Waals surface area (Å²) in [5, 5.41) is 45.7. The first-order chi connectivity index (χ1) is 14.1. The first-order valence-corrected chi connectivity index (χ1v) is 9.53. The number of nitrogens with two attached hydrogens (primary N) is 1. The third kappa shape index (κ3) is 2.21. The third-order valence-corrected chi connectivity index (χ3v) is 6.80. The summed E-state index contributed by atoms with van der Waals surface area (Å²) in [6.45, 7) is 1.74. The molecule has 0 saturated carbocycles. The second kappa shape index (κ2) is 6.41. The van der Waals surface area contributed by atoms with Gasteiger partial charge in [-0.15, -0.1) is 0 Å². The fraction of sp³-hybridized carbons (Fsp3) is 0.381. The number of allylic oxidation sites excluding steroid dienone is 1. The standard InChI is InChI=1S/C21H22N2O7/c1-7-8-4-3-5-10(24)13(8)17(27)15-12(7)16(26)9-6-11(25)14(20(22)30)18(28)21(9,23-2)19(15)29/h3-5,7,9,12,16,23-26,29H,6H2,1-2H3,(H2,22,30)/t7-,9-,12+,16-,21+/m0/s1. The van der Waals surface area contributed by atoms with E-state index in [0.29, 0.717) is 5.56 Å². The number of nitrogens with one attached hydrogen (secondary N) is 1. The summed E-state index contributed by atoms with van der Waals surface area (Å²) in [4.78, 5) is 38.4. The van der Waals surface area contributed by atoms with E-state index in [1.807, 2.05) is 0 Å². The zero-order valence-electron chi connectivity index (χ0n) is 16.3. The van der Waals surface area contributed by atoms with E-state index < -0.39 is 64.0 Å².